The van der Waals surface area contributed by atoms with Crippen molar-refractivity contribution in [1.82, 2.24) is 4.98 Å². The van der Waals surface area contributed by atoms with E-state index in [1.807, 2.05) is 37.0 Å². The van der Waals surface area contributed by atoms with Crippen LogP contribution in [-0.2, 0) is 0 Å². The molecule has 82 valence electrons. The first kappa shape index (κ1) is 10.6. The maximum atomic E-state index is 4.46. The van der Waals surface area contributed by atoms with E-state index in [0.29, 0.717) is 6.04 Å². The van der Waals surface area contributed by atoms with E-state index in [1.165, 1.54) is 24.3 Å². The molecular weight excluding hydrogens is 206 g/mol. The fourth-order valence-corrected chi connectivity index (χ4v) is 2.81. The van der Waals surface area contributed by atoms with E-state index in [2.05, 4.69) is 15.6 Å². The first-order chi connectivity index (χ1) is 7.38. The van der Waals surface area contributed by atoms with Gasteiger partial charge in [0, 0.05) is 13.1 Å². The number of nitrogens with zero attached hydrogens (tertiary/aromatic N) is 1. The van der Waals surface area contributed by atoms with Crippen molar-refractivity contribution in [3.63, 3.8) is 0 Å². The molecule has 15 heavy (non-hydrogen) atoms. The van der Waals surface area contributed by atoms with Gasteiger partial charge in [-0.3, -0.25) is 0 Å². The molecule has 0 bridgehead atoms. The second-order valence-electron chi connectivity index (χ2n) is 3.69. The predicted octanol–water partition coefficient (Wildman–Crippen LogP) is 2.43. The van der Waals surface area contributed by atoms with Crippen LogP contribution in [0, 0.1) is 0 Å². The lowest BCUT2D eigenvalue weighted by atomic mass is 10.1. The van der Waals surface area contributed by atoms with E-state index in [0.717, 1.165) is 11.6 Å². The van der Waals surface area contributed by atoms with Gasteiger partial charge in [-0.2, -0.15) is 11.8 Å². The number of rotatable bonds is 3. The number of anilines is 2. The Hall–Kier alpha value is -0.900. The molecule has 0 atom stereocenters. The Kier molecular flexibility index (Phi) is 3.72. The molecule has 1 aromatic rings. The highest BCUT2D eigenvalue weighted by Gasteiger charge is 2.13. The van der Waals surface area contributed by atoms with Crippen LogP contribution in [-0.4, -0.2) is 29.6 Å². The minimum atomic E-state index is 0.603. The van der Waals surface area contributed by atoms with Crippen molar-refractivity contribution >= 4 is 23.4 Å². The molecule has 3 nitrogen and oxygen atoms in total. The minimum Gasteiger partial charge on any atom is -0.373 e. The summed E-state index contributed by atoms with van der Waals surface area (Å²) in [6.45, 7) is 0. The number of aromatic nitrogens is 1. The molecule has 1 saturated heterocycles. The zero-order chi connectivity index (χ0) is 10.5. The van der Waals surface area contributed by atoms with E-state index in [9.17, 15) is 0 Å². The highest BCUT2D eigenvalue weighted by atomic mass is 32.2. The van der Waals surface area contributed by atoms with Gasteiger partial charge in [-0.1, -0.05) is 6.07 Å². The van der Waals surface area contributed by atoms with Crippen molar-refractivity contribution < 1.29 is 0 Å². The second kappa shape index (κ2) is 5.26. The van der Waals surface area contributed by atoms with Crippen molar-refractivity contribution in [3.8, 4) is 0 Å². The SMILES string of the molecule is CNc1cccc(NC2CCSCC2)n1. The number of hydrogen-bond acceptors (Lipinski definition) is 4. The zero-order valence-corrected chi connectivity index (χ0v) is 9.81. The molecule has 2 rings (SSSR count). The van der Waals surface area contributed by atoms with Gasteiger partial charge in [0.1, 0.15) is 11.6 Å². The van der Waals surface area contributed by atoms with Gasteiger partial charge < -0.3 is 10.6 Å². The smallest absolute Gasteiger partial charge is 0.128 e. The van der Waals surface area contributed by atoms with Crippen molar-refractivity contribution in [1.29, 1.82) is 0 Å². The van der Waals surface area contributed by atoms with Crippen molar-refractivity contribution in [2.45, 2.75) is 18.9 Å². The molecule has 0 unspecified atom stereocenters. The average molecular weight is 223 g/mol. The third-order valence-corrected chi connectivity index (χ3v) is 3.63. The fraction of sp³-hybridized carbons (Fsp3) is 0.545. The molecule has 0 aromatic carbocycles. The molecule has 1 aromatic heterocycles. The second-order valence-corrected chi connectivity index (χ2v) is 4.91. The zero-order valence-electron chi connectivity index (χ0n) is 8.99. The molecule has 2 N–H and O–H groups in total. The Bertz CT molecular complexity index is 310. The first-order valence-corrected chi connectivity index (χ1v) is 6.53. The Morgan fingerprint density at radius 2 is 2.00 bits per heavy atom. The summed E-state index contributed by atoms with van der Waals surface area (Å²) in [5, 5.41) is 6.54. The van der Waals surface area contributed by atoms with Crippen molar-refractivity contribution in [2.75, 3.05) is 29.2 Å². The van der Waals surface area contributed by atoms with E-state index in [-0.39, 0.29) is 0 Å². The molecule has 1 aliphatic rings. The quantitative estimate of drug-likeness (QED) is 0.825. The predicted molar refractivity (Wildman–Crippen MR) is 67.8 cm³/mol. The van der Waals surface area contributed by atoms with E-state index >= 15 is 0 Å². The van der Waals surface area contributed by atoms with Crippen LogP contribution >= 0.6 is 11.8 Å². The molecule has 0 radical (unpaired) electrons. The highest BCUT2D eigenvalue weighted by Crippen LogP contribution is 2.20. The van der Waals surface area contributed by atoms with E-state index < -0.39 is 0 Å². The molecule has 0 amide bonds. The van der Waals surface area contributed by atoms with E-state index in [1.54, 1.807) is 0 Å². The number of pyridine rings is 1. The molecule has 0 saturated carbocycles. The molecule has 1 fully saturated rings. The monoisotopic (exact) mass is 223 g/mol. The summed E-state index contributed by atoms with van der Waals surface area (Å²) in [6.07, 6.45) is 2.49. The lowest BCUT2D eigenvalue weighted by Crippen LogP contribution is -2.24. The maximum Gasteiger partial charge on any atom is 0.128 e. The van der Waals surface area contributed by atoms with Gasteiger partial charge in [0.25, 0.3) is 0 Å². The lowest BCUT2D eigenvalue weighted by Gasteiger charge is -2.23. The average Bonchev–Trinajstić information content (AvgIpc) is 2.31. The standard InChI is InChI=1S/C11H17N3S/c1-12-10-3-2-4-11(14-10)13-9-5-7-15-8-6-9/h2-4,9H,5-8H2,1H3,(H2,12,13,14). The molecule has 2 heterocycles. The third kappa shape index (κ3) is 3.02. The van der Waals surface area contributed by atoms with Gasteiger partial charge in [-0.25, -0.2) is 4.98 Å². The van der Waals surface area contributed by atoms with Gasteiger partial charge >= 0.3 is 0 Å². The number of hydrogen-bond donors (Lipinski definition) is 2. The van der Waals surface area contributed by atoms with Crippen LogP contribution in [0.25, 0.3) is 0 Å². The summed E-state index contributed by atoms with van der Waals surface area (Å²) in [5.74, 6) is 4.44. The van der Waals surface area contributed by atoms with Crippen LogP contribution in [0.4, 0.5) is 11.6 Å². The van der Waals surface area contributed by atoms with Crippen LogP contribution in [0.5, 0.6) is 0 Å². The highest BCUT2D eigenvalue weighted by molar-refractivity contribution is 7.99. The number of nitrogens with one attached hydrogen (secondary N) is 2. The molecule has 4 heteroatoms. The van der Waals surface area contributed by atoms with Gasteiger partial charge in [-0.05, 0) is 36.5 Å². The Balaban J connectivity index is 1.96. The van der Waals surface area contributed by atoms with Crippen LogP contribution < -0.4 is 10.6 Å². The molecule has 0 spiro atoms. The summed E-state index contributed by atoms with van der Waals surface area (Å²) < 4.78 is 0. The Morgan fingerprint density at radius 1 is 1.27 bits per heavy atom. The summed E-state index contributed by atoms with van der Waals surface area (Å²) in [6, 6.07) is 6.63. The normalized spacial score (nSPS) is 17.4. The van der Waals surface area contributed by atoms with Crippen LogP contribution in [0.2, 0.25) is 0 Å². The van der Waals surface area contributed by atoms with E-state index in [4.69, 9.17) is 0 Å². The minimum absolute atomic E-state index is 0.603. The molecule has 0 aliphatic carbocycles. The summed E-state index contributed by atoms with van der Waals surface area (Å²) in [7, 11) is 1.89. The van der Waals surface area contributed by atoms with Crippen LogP contribution in [0.3, 0.4) is 0 Å². The van der Waals surface area contributed by atoms with Crippen molar-refractivity contribution in [3.05, 3.63) is 18.2 Å². The summed E-state index contributed by atoms with van der Waals surface area (Å²) in [4.78, 5) is 4.46. The van der Waals surface area contributed by atoms with Gasteiger partial charge in [0.15, 0.2) is 0 Å². The van der Waals surface area contributed by atoms with Crippen LogP contribution in [0.15, 0.2) is 18.2 Å². The molecule has 1 aliphatic heterocycles. The summed E-state index contributed by atoms with van der Waals surface area (Å²) >= 11 is 2.04. The first-order valence-electron chi connectivity index (χ1n) is 5.37. The summed E-state index contributed by atoms with van der Waals surface area (Å²) in [5.41, 5.74) is 0. The Labute approximate surface area is 95.1 Å². The topological polar surface area (TPSA) is 37.0 Å². The third-order valence-electron chi connectivity index (χ3n) is 2.58. The van der Waals surface area contributed by atoms with Gasteiger partial charge in [0.05, 0.1) is 0 Å². The van der Waals surface area contributed by atoms with Gasteiger partial charge in [-0.15, -0.1) is 0 Å². The lowest BCUT2D eigenvalue weighted by molar-refractivity contribution is 0.664. The van der Waals surface area contributed by atoms with Gasteiger partial charge in [0.2, 0.25) is 0 Å². The fourth-order valence-electron chi connectivity index (χ4n) is 1.71. The maximum absolute atomic E-state index is 4.46. The molecular formula is C11H17N3S. The largest absolute Gasteiger partial charge is 0.373 e. The Morgan fingerprint density at radius 3 is 2.73 bits per heavy atom. The van der Waals surface area contributed by atoms with Crippen molar-refractivity contribution in [2.24, 2.45) is 0 Å². The number of thioether (sulfide) groups is 1. The van der Waals surface area contributed by atoms with Crippen LogP contribution in [0.1, 0.15) is 12.8 Å².